The maximum absolute atomic E-state index is 11.9. The monoisotopic (exact) mass is 311 g/mol. The van der Waals surface area contributed by atoms with Crippen molar-refractivity contribution in [3.63, 3.8) is 0 Å². The third-order valence-electron chi connectivity index (χ3n) is 3.59. The van der Waals surface area contributed by atoms with E-state index in [0.717, 1.165) is 26.1 Å². The van der Waals surface area contributed by atoms with Crippen molar-refractivity contribution in [1.82, 2.24) is 15.5 Å². The highest BCUT2D eigenvalue weighted by molar-refractivity contribution is 7.10. The van der Waals surface area contributed by atoms with Crippen LogP contribution in [0, 0.1) is 5.92 Å². The first-order valence-electron chi connectivity index (χ1n) is 7.87. The summed E-state index contributed by atoms with van der Waals surface area (Å²) in [6.07, 6.45) is 1.01. The minimum Gasteiger partial charge on any atom is -0.338 e. The molecule has 0 spiro atoms. The van der Waals surface area contributed by atoms with Crippen LogP contribution in [0.25, 0.3) is 0 Å². The van der Waals surface area contributed by atoms with Gasteiger partial charge in [0.15, 0.2) is 0 Å². The molecule has 0 aliphatic rings. The lowest BCUT2D eigenvalue weighted by Gasteiger charge is -2.29. The van der Waals surface area contributed by atoms with Crippen molar-refractivity contribution >= 4 is 17.4 Å². The van der Waals surface area contributed by atoms with Crippen molar-refractivity contribution in [3.8, 4) is 0 Å². The van der Waals surface area contributed by atoms with Crippen molar-refractivity contribution in [2.75, 3.05) is 26.2 Å². The van der Waals surface area contributed by atoms with Gasteiger partial charge in [-0.05, 0) is 36.9 Å². The molecule has 2 amide bonds. The van der Waals surface area contributed by atoms with Gasteiger partial charge in [0.2, 0.25) is 0 Å². The maximum atomic E-state index is 11.9. The summed E-state index contributed by atoms with van der Waals surface area (Å²) < 4.78 is 0. The zero-order chi connectivity index (χ0) is 15.7. The Labute approximate surface area is 132 Å². The molecule has 0 saturated carbocycles. The molecule has 1 aromatic rings. The number of carbonyl (C=O) groups is 1. The number of carbonyl (C=O) groups excluding carboxylic acids is 1. The molecule has 1 heterocycles. The number of urea groups is 1. The third kappa shape index (κ3) is 6.48. The van der Waals surface area contributed by atoms with Crippen molar-refractivity contribution in [2.24, 2.45) is 5.92 Å². The van der Waals surface area contributed by atoms with Crippen molar-refractivity contribution in [3.05, 3.63) is 22.4 Å². The van der Waals surface area contributed by atoms with Gasteiger partial charge in [0.1, 0.15) is 0 Å². The van der Waals surface area contributed by atoms with E-state index in [1.54, 1.807) is 11.3 Å². The number of nitrogens with one attached hydrogen (secondary N) is 2. The van der Waals surface area contributed by atoms with Gasteiger partial charge in [0, 0.05) is 18.0 Å². The Kier molecular flexibility index (Phi) is 8.38. The van der Waals surface area contributed by atoms with Crippen LogP contribution in [0.5, 0.6) is 0 Å². The van der Waals surface area contributed by atoms with Crippen LogP contribution >= 0.6 is 11.3 Å². The zero-order valence-electron chi connectivity index (χ0n) is 13.7. The number of rotatable bonds is 9. The van der Waals surface area contributed by atoms with Crippen molar-refractivity contribution < 1.29 is 4.79 Å². The van der Waals surface area contributed by atoms with Crippen LogP contribution in [-0.2, 0) is 0 Å². The molecule has 0 fully saturated rings. The van der Waals surface area contributed by atoms with E-state index in [2.05, 4.69) is 60.7 Å². The summed E-state index contributed by atoms with van der Waals surface area (Å²) in [6, 6.07) is 4.41. The fourth-order valence-electron chi connectivity index (χ4n) is 2.28. The van der Waals surface area contributed by atoms with E-state index in [0.29, 0.717) is 12.5 Å². The van der Waals surface area contributed by atoms with E-state index in [9.17, 15) is 4.79 Å². The van der Waals surface area contributed by atoms with E-state index >= 15 is 0 Å². The predicted octanol–water partition coefficient (Wildman–Crippen LogP) is 3.48. The van der Waals surface area contributed by atoms with Gasteiger partial charge < -0.3 is 10.6 Å². The van der Waals surface area contributed by atoms with Crippen LogP contribution in [0.15, 0.2) is 17.5 Å². The van der Waals surface area contributed by atoms with Gasteiger partial charge in [0.05, 0.1) is 6.04 Å². The fraction of sp³-hybridized carbons (Fsp3) is 0.688. The van der Waals surface area contributed by atoms with Gasteiger partial charge >= 0.3 is 6.03 Å². The van der Waals surface area contributed by atoms with Crippen LogP contribution in [-0.4, -0.2) is 37.1 Å². The van der Waals surface area contributed by atoms with Gasteiger partial charge in [-0.2, -0.15) is 0 Å². The Morgan fingerprint density at radius 3 is 2.52 bits per heavy atom. The van der Waals surface area contributed by atoms with Gasteiger partial charge in [-0.3, -0.25) is 4.90 Å². The second-order valence-corrected chi connectivity index (χ2v) is 6.55. The molecular formula is C16H29N3OS. The Morgan fingerprint density at radius 1 is 1.29 bits per heavy atom. The smallest absolute Gasteiger partial charge is 0.314 e. The highest BCUT2D eigenvalue weighted by Gasteiger charge is 2.19. The summed E-state index contributed by atoms with van der Waals surface area (Å²) >= 11 is 1.75. The summed E-state index contributed by atoms with van der Waals surface area (Å²) in [5, 5.41) is 8.03. The van der Waals surface area contributed by atoms with Crippen LogP contribution < -0.4 is 10.6 Å². The van der Waals surface area contributed by atoms with Crippen molar-refractivity contribution in [2.45, 2.75) is 40.2 Å². The van der Waals surface area contributed by atoms with Crippen molar-refractivity contribution in [1.29, 1.82) is 0 Å². The lowest BCUT2D eigenvalue weighted by Crippen LogP contribution is -2.42. The molecule has 1 rings (SSSR count). The second kappa shape index (κ2) is 9.79. The number of nitrogens with zero attached hydrogens (tertiary/aromatic N) is 1. The van der Waals surface area contributed by atoms with Gasteiger partial charge in [-0.15, -0.1) is 11.3 Å². The molecule has 1 atom stereocenters. The molecule has 0 aliphatic carbocycles. The molecule has 120 valence electrons. The maximum Gasteiger partial charge on any atom is 0.314 e. The van der Waals surface area contributed by atoms with Gasteiger partial charge in [-0.25, -0.2) is 4.79 Å². The SMILES string of the molecule is CCN(CC)C(CNC(=O)NCCC(C)C)c1cccs1. The molecule has 0 aliphatic heterocycles. The molecule has 0 saturated heterocycles. The highest BCUT2D eigenvalue weighted by atomic mass is 32.1. The number of hydrogen-bond donors (Lipinski definition) is 2. The molecule has 0 radical (unpaired) electrons. The summed E-state index contributed by atoms with van der Waals surface area (Å²) in [6.45, 7) is 12.0. The first kappa shape index (κ1) is 18.0. The molecule has 5 heteroatoms. The van der Waals surface area contributed by atoms with E-state index in [1.807, 2.05) is 0 Å². The summed E-state index contributed by atoms with van der Waals surface area (Å²) in [5.41, 5.74) is 0. The predicted molar refractivity (Wildman–Crippen MR) is 90.8 cm³/mol. The number of thiophene rings is 1. The van der Waals surface area contributed by atoms with Crippen LogP contribution in [0.1, 0.15) is 45.0 Å². The van der Waals surface area contributed by atoms with Gasteiger partial charge in [0.25, 0.3) is 0 Å². The van der Waals surface area contributed by atoms with E-state index in [1.165, 1.54) is 4.88 Å². The first-order chi connectivity index (χ1) is 10.1. The standard InChI is InChI=1S/C16H29N3OS/c1-5-19(6-2)14(15-8-7-11-21-15)12-18-16(20)17-10-9-13(3)4/h7-8,11,13-14H,5-6,9-10,12H2,1-4H3,(H2,17,18,20). The van der Waals surface area contributed by atoms with Crippen LogP contribution in [0.3, 0.4) is 0 Å². The highest BCUT2D eigenvalue weighted by Crippen LogP contribution is 2.24. The molecular weight excluding hydrogens is 282 g/mol. The largest absolute Gasteiger partial charge is 0.338 e. The third-order valence-corrected chi connectivity index (χ3v) is 4.56. The minimum atomic E-state index is -0.0654. The normalized spacial score (nSPS) is 12.7. The topological polar surface area (TPSA) is 44.4 Å². The zero-order valence-corrected chi connectivity index (χ0v) is 14.5. The number of hydrogen-bond acceptors (Lipinski definition) is 3. The number of amides is 2. The first-order valence-corrected chi connectivity index (χ1v) is 8.75. The van der Waals surface area contributed by atoms with Crippen LogP contribution in [0.2, 0.25) is 0 Å². The molecule has 0 aromatic carbocycles. The minimum absolute atomic E-state index is 0.0654. The van der Waals surface area contributed by atoms with E-state index in [-0.39, 0.29) is 12.1 Å². The molecule has 2 N–H and O–H groups in total. The molecule has 1 unspecified atom stereocenters. The fourth-order valence-corrected chi connectivity index (χ4v) is 3.14. The molecule has 0 bridgehead atoms. The average Bonchev–Trinajstić information content (AvgIpc) is 2.96. The Morgan fingerprint density at radius 2 is 2.00 bits per heavy atom. The molecule has 21 heavy (non-hydrogen) atoms. The molecule has 4 nitrogen and oxygen atoms in total. The Balaban J connectivity index is 2.48. The van der Waals surface area contributed by atoms with Gasteiger partial charge in [-0.1, -0.05) is 33.8 Å². The molecule has 1 aromatic heterocycles. The van der Waals surface area contributed by atoms with E-state index in [4.69, 9.17) is 0 Å². The lowest BCUT2D eigenvalue weighted by atomic mass is 10.1. The number of likely N-dealkylation sites (N-methyl/N-ethyl adjacent to an activating group) is 1. The lowest BCUT2D eigenvalue weighted by molar-refractivity contribution is 0.208. The quantitative estimate of drug-likeness (QED) is 0.733. The van der Waals surface area contributed by atoms with Crippen LogP contribution in [0.4, 0.5) is 4.79 Å². The Hall–Kier alpha value is -1.07. The Bertz CT molecular complexity index is 388. The summed E-state index contributed by atoms with van der Waals surface area (Å²) in [4.78, 5) is 15.5. The van der Waals surface area contributed by atoms with E-state index < -0.39 is 0 Å². The average molecular weight is 311 g/mol. The summed E-state index contributed by atoms with van der Waals surface area (Å²) in [5.74, 6) is 0.611. The summed E-state index contributed by atoms with van der Waals surface area (Å²) in [7, 11) is 0. The second-order valence-electron chi connectivity index (χ2n) is 5.57.